The third-order valence-electron chi connectivity index (χ3n) is 1.70. The van der Waals surface area contributed by atoms with Gasteiger partial charge >= 0.3 is 6.03 Å². The number of nitrogens with one attached hydrogen (secondary N) is 3. The standard InChI is InChI=1S/C10H14N4O2S/c1-3-5-12-9(16)14-10-13-7(6-17-10)8(15)11-4-2/h3,6H,1,4-5H2,2H3,(H,11,15)(H2,12,13,14,16). The highest BCUT2D eigenvalue weighted by atomic mass is 32.1. The number of hydrogen-bond donors (Lipinski definition) is 3. The van der Waals surface area contributed by atoms with E-state index in [0.717, 1.165) is 0 Å². The highest BCUT2D eigenvalue weighted by Crippen LogP contribution is 2.14. The second kappa shape index (κ2) is 6.64. The molecule has 3 N–H and O–H groups in total. The zero-order valence-corrected chi connectivity index (χ0v) is 10.3. The number of nitrogens with zero attached hydrogens (tertiary/aromatic N) is 1. The van der Waals surface area contributed by atoms with Crippen molar-refractivity contribution in [2.24, 2.45) is 0 Å². The molecule has 0 saturated carbocycles. The summed E-state index contributed by atoms with van der Waals surface area (Å²) in [6, 6.07) is -0.373. The van der Waals surface area contributed by atoms with Crippen molar-refractivity contribution in [3.05, 3.63) is 23.7 Å². The summed E-state index contributed by atoms with van der Waals surface area (Å²) in [6.45, 7) is 6.22. The Morgan fingerprint density at radius 1 is 1.53 bits per heavy atom. The van der Waals surface area contributed by atoms with Crippen LogP contribution >= 0.6 is 11.3 Å². The minimum absolute atomic E-state index is 0.247. The lowest BCUT2D eigenvalue weighted by Crippen LogP contribution is -2.28. The van der Waals surface area contributed by atoms with E-state index in [0.29, 0.717) is 23.9 Å². The molecule has 17 heavy (non-hydrogen) atoms. The van der Waals surface area contributed by atoms with Gasteiger partial charge in [-0.15, -0.1) is 17.9 Å². The van der Waals surface area contributed by atoms with Crippen molar-refractivity contribution in [2.45, 2.75) is 6.92 Å². The second-order valence-corrected chi connectivity index (χ2v) is 3.88. The summed E-state index contributed by atoms with van der Waals surface area (Å²) >= 11 is 1.20. The van der Waals surface area contributed by atoms with E-state index in [-0.39, 0.29) is 11.9 Å². The van der Waals surface area contributed by atoms with E-state index in [9.17, 15) is 9.59 Å². The first-order valence-corrected chi connectivity index (χ1v) is 5.94. The fourth-order valence-corrected chi connectivity index (χ4v) is 1.68. The lowest BCUT2D eigenvalue weighted by Gasteiger charge is -2.01. The van der Waals surface area contributed by atoms with Crippen LogP contribution in [0.3, 0.4) is 0 Å². The summed E-state index contributed by atoms with van der Waals surface area (Å²) in [5, 5.41) is 9.67. The lowest BCUT2D eigenvalue weighted by atomic mass is 10.4. The quantitative estimate of drug-likeness (QED) is 0.690. The molecule has 0 fully saturated rings. The van der Waals surface area contributed by atoms with Gasteiger partial charge in [0.25, 0.3) is 5.91 Å². The van der Waals surface area contributed by atoms with Gasteiger partial charge in [0, 0.05) is 18.5 Å². The van der Waals surface area contributed by atoms with Crippen molar-refractivity contribution in [3.8, 4) is 0 Å². The Morgan fingerprint density at radius 3 is 2.94 bits per heavy atom. The van der Waals surface area contributed by atoms with Gasteiger partial charge in [-0.05, 0) is 6.92 Å². The maximum Gasteiger partial charge on any atom is 0.321 e. The van der Waals surface area contributed by atoms with Crippen LogP contribution < -0.4 is 16.0 Å². The van der Waals surface area contributed by atoms with Crippen molar-refractivity contribution in [1.29, 1.82) is 0 Å². The van der Waals surface area contributed by atoms with Crippen LogP contribution in [-0.2, 0) is 0 Å². The third-order valence-corrected chi connectivity index (χ3v) is 2.46. The van der Waals surface area contributed by atoms with Crippen molar-refractivity contribution in [3.63, 3.8) is 0 Å². The Hall–Kier alpha value is -1.89. The fraction of sp³-hybridized carbons (Fsp3) is 0.300. The van der Waals surface area contributed by atoms with Gasteiger partial charge in [-0.2, -0.15) is 0 Å². The van der Waals surface area contributed by atoms with Gasteiger partial charge in [0.2, 0.25) is 0 Å². The molecular formula is C10H14N4O2S. The molecule has 3 amide bonds. The van der Waals surface area contributed by atoms with Gasteiger partial charge < -0.3 is 10.6 Å². The summed E-state index contributed by atoms with van der Waals surface area (Å²) in [5.74, 6) is -0.247. The number of anilines is 1. The predicted octanol–water partition coefficient (Wildman–Crippen LogP) is 1.20. The van der Waals surface area contributed by atoms with Crippen LogP contribution in [0.25, 0.3) is 0 Å². The summed E-state index contributed by atoms with van der Waals surface area (Å²) in [5.41, 5.74) is 0.302. The number of rotatable bonds is 5. The smallest absolute Gasteiger partial charge is 0.321 e. The average Bonchev–Trinajstić information content (AvgIpc) is 2.75. The summed E-state index contributed by atoms with van der Waals surface area (Å²) in [4.78, 5) is 26.7. The number of aromatic nitrogens is 1. The molecule has 1 aromatic heterocycles. The van der Waals surface area contributed by atoms with Gasteiger partial charge in [-0.25, -0.2) is 9.78 Å². The summed E-state index contributed by atoms with van der Waals surface area (Å²) < 4.78 is 0. The Balaban J connectivity index is 2.53. The molecule has 92 valence electrons. The van der Waals surface area contributed by atoms with Crippen molar-refractivity contribution < 1.29 is 9.59 Å². The number of hydrogen-bond acceptors (Lipinski definition) is 4. The van der Waals surface area contributed by atoms with Crippen LogP contribution in [0.4, 0.5) is 9.93 Å². The Kier molecular flexibility index (Phi) is 5.15. The van der Waals surface area contributed by atoms with Crippen LogP contribution in [0.2, 0.25) is 0 Å². The van der Waals surface area contributed by atoms with Crippen LogP contribution in [-0.4, -0.2) is 30.0 Å². The number of carbonyl (C=O) groups is 2. The van der Waals surface area contributed by atoms with Crippen LogP contribution in [0.5, 0.6) is 0 Å². The minimum atomic E-state index is -0.373. The van der Waals surface area contributed by atoms with Crippen molar-refractivity contribution >= 4 is 28.4 Å². The monoisotopic (exact) mass is 254 g/mol. The minimum Gasteiger partial charge on any atom is -0.351 e. The largest absolute Gasteiger partial charge is 0.351 e. The lowest BCUT2D eigenvalue weighted by molar-refractivity contribution is 0.0951. The van der Waals surface area contributed by atoms with E-state index in [4.69, 9.17) is 0 Å². The molecule has 0 unspecified atom stereocenters. The Bertz CT molecular complexity index is 416. The van der Waals surface area contributed by atoms with Crippen molar-refractivity contribution in [1.82, 2.24) is 15.6 Å². The maximum atomic E-state index is 11.4. The first-order chi connectivity index (χ1) is 8.17. The SMILES string of the molecule is C=CCNC(=O)Nc1nc(C(=O)NCC)cs1. The zero-order chi connectivity index (χ0) is 12.7. The van der Waals surface area contributed by atoms with E-state index in [2.05, 4.69) is 27.5 Å². The maximum absolute atomic E-state index is 11.4. The topological polar surface area (TPSA) is 83.1 Å². The summed E-state index contributed by atoms with van der Waals surface area (Å²) in [7, 11) is 0. The van der Waals surface area contributed by atoms with Crippen LogP contribution in [0.1, 0.15) is 17.4 Å². The van der Waals surface area contributed by atoms with E-state index in [1.54, 1.807) is 11.5 Å². The molecule has 1 aromatic rings. The van der Waals surface area contributed by atoms with Crippen LogP contribution in [0.15, 0.2) is 18.0 Å². The molecule has 0 radical (unpaired) electrons. The molecule has 0 saturated heterocycles. The molecule has 0 spiro atoms. The van der Waals surface area contributed by atoms with Gasteiger partial charge in [0.15, 0.2) is 5.13 Å². The van der Waals surface area contributed by atoms with Gasteiger partial charge in [-0.1, -0.05) is 6.08 Å². The van der Waals surface area contributed by atoms with E-state index in [1.165, 1.54) is 11.3 Å². The molecule has 0 bridgehead atoms. The van der Waals surface area contributed by atoms with Gasteiger partial charge in [0.05, 0.1) is 0 Å². The number of thiazole rings is 1. The van der Waals surface area contributed by atoms with Gasteiger partial charge in [-0.3, -0.25) is 10.1 Å². The van der Waals surface area contributed by atoms with Gasteiger partial charge in [0.1, 0.15) is 5.69 Å². The number of carbonyl (C=O) groups excluding carboxylic acids is 2. The zero-order valence-electron chi connectivity index (χ0n) is 9.45. The first-order valence-electron chi connectivity index (χ1n) is 5.06. The predicted molar refractivity (Wildman–Crippen MR) is 67.3 cm³/mol. The summed E-state index contributed by atoms with van der Waals surface area (Å²) in [6.07, 6.45) is 1.57. The molecule has 1 heterocycles. The average molecular weight is 254 g/mol. The highest BCUT2D eigenvalue weighted by molar-refractivity contribution is 7.14. The van der Waals surface area contributed by atoms with E-state index >= 15 is 0 Å². The Morgan fingerprint density at radius 2 is 2.29 bits per heavy atom. The first kappa shape index (κ1) is 13.2. The second-order valence-electron chi connectivity index (χ2n) is 3.02. The third kappa shape index (κ3) is 4.23. The molecule has 0 aromatic carbocycles. The molecule has 7 heteroatoms. The normalized spacial score (nSPS) is 9.47. The van der Waals surface area contributed by atoms with Crippen LogP contribution in [0, 0.1) is 0 Å². The molecule has 6 nitrogen and oxygen atoms in total. The van der Waals surface area contributed by atoms with E-state index in [1.807, 2.05) is 6.92 Å². The molecule has 1 rings (SSSR count). The Labute approximate surface area is 103 Å². The molecule has 0 aliphatic heterocycles. The molecular weight excluding hydrogens is 240 g/mol. The van der Waals surface area contributed by atoms with Crippen molar-refractivity contribution in [2.75, 3.05) is 18.4 Å². The molecule has 0 atom stereocenters. The van der Waals surface area contributed by atoms with E-state index < -0.39 is 0 Å². The highest BCUT2D eigenvalue weighted by Gasteiger charge is 2.10. The number of urea groups is 1. The molecule has 0 aliphatic carbocycles. The number of amides is 3. The fourth-order valence-electron chi connectivity index (χ4n) is 0.993. The molecule has 0 aliphatic rings.